The standard InChI is InChI=1S/C16H22F3NO3/c1-5-9-15(3,23-6-2)14(21)20-11-7-8-13(22-4)12(10-11)16(17,18)19/h7-8,10H,5-6,9H2,1-4H3,(H,20,21). The van der Waals surface area contributed by atoms with E-state index >= 15 is 0 Å². The second-order valence-corrected chi connectivity index (χ2v) is 5.28. The fourth-order valence-electron chi connectivity index (χ4n) is 2.32. The van der Waals surface area contributed by atoms with E-state index in [-0.39, 0.29) is 11.4 Å². The molecule has 0 saturated carbocycles. The zero-order valence-corrected chi connectivity index (χ0v) is 13.7. The number of anilines is 1. The lowest BCUT2D eigenvalue weighted by molar-refractivity contribution is -0.140. The van der Waals surface area contributed by atoms with E-state index in [1.165, 1.54) is 12.1 Å². The summed E-state index contributed by atoms with van der Waals surface area (Å²) < 4.78 is 49.2. The first-order valence-electron chi connectivity index (χ1n) is 7.38. The number of rotatable bonds is 7. The van der Waals surface area contributed by atoms with E-state index in [1.807, 2.05) is 6.92 Å². The number of nitrogens with one attached hydrogen (secondary N) is 1. The van der Waals surface area contributed by atoms with Gasteiger partial charge in [0.2, 0.25) is 0 Å². The number of hydrogen-bond acceptors (Lipinski definition) is 3. The van der Waals surface area contributed by atoms with Crippen molar-refractivity contribution in [3.63, 3.8) is 0 Å². The maximum atomic E-state index is 13.0. The molecule has 1 unspecified atom stereocenters. The predicted molar refractivity (Wildman–Crippen MR) is 81.6 cm³/mol. The summed E-state index contributed by atoms with van der Waals surface area (Å²) in [4.78, 5) is 12.4. The molecule has 23 heavy (non-hydrogen) atoms. The van der Waals surface area contributed by atoms with Crippen LogP contribution in [0.15, 0.2) is 18.2 Å². The summed E-state index contributed by atoms with van der Waals surface area (Å²) in [6.45, 7) is 5.62. The lowest BCUT2D eigenvalue weighted by Crippen LogP contribution is -2.42. The highest BCUT2D eigenvalue weighted by molar-refractivity contribution is 5.97. The summed E-state index contributed by atoms with van der Waals surface area (Å²) >= 11 is 0. The molecule has 0 radical (unpaired) electrons. The van der Waals surface area contributed by atoms with Crippen molar-refractivity contribution < 1.29 is 27.4 Å². The van der Waals surface area contributed by atoms with Crippen LogP contribution < -0.4 is 10.1 Å². The van der Waals surface area contributed by atoms with Crippen molar-refractivity contribution in [2.24, 2.45) is 0 Å². The van der Waals surface area contributed by atoms with Gasteiger partial charge in [0.15, 0.2) is 0 Å². The third kappa shape index (κ3) is 4.86. The van der Waals surface area contributed by atoms with E-state index in [2.05, 4.69) is 5.32 Å². The summed E-state index contributed by atoms with van der Waals surface area (Å²) in [6, 6.07) is 3.40. The van der Waals surface area contributed by atoms with Crippen molar-refractivity contribution in [3.05, 3.63) is 23.8 Å². The van der Waals surface area contributed by atoms with Gasteiger partial charge in [-0.2, -0.15) is 13.2 Å². The molecule has 0 heterocycles. The minimum absolute atomic E-state index is 0.0464. The van der Waals surface area contributed by atoms with E-state index < -0.39 is 23.2 Å². The Morgan fingerprint density at radius 2 is 1.91 bits per heavy atom. The summed E-state index contributed by atoms with van der Waals surface area (Å²) in [5.74, 6) is -0.767. The number of alkyl halides is 3. The number of carbonyl (C=O) groups is 1. The van der Waals surface area contributed by atoms with E-state index in [0.29, 0.717) is 19.4 Å². The Hall–Kier alpha value is -1.76. The van der Waals surface area contributed by atoms with Gasteiger partial charge in [-0.15, -0.1) is 0 Å². The average Bonchev–Trinajstić information content (AvgIpc) is 2.46. The molecule has 0 saturated heterocycles. The van der Waals surface area contributed by atoms with Gasteiger partial charge in [0.1, 0.15) is 11.4 Å². The van der Waals surface area contributed by atoms with Crippen LogP contribution >= 0.6 is 0 Å². The van der Waals surface area contributed by atoms with Crippen molar-refractivity contribution in [2.45, 2.75) is 45.4 Å². The van der Waals surface area contributed by atoms with E-state index in [1.54, 1.807) is 13.8 Å². The Balaban J connectivity index is 3.06. The van der Waals surface area contributed by atoms with Crippen LogP contribution in [0.2, 0.25) is 0 Å². The number of hydrogen-bond donors (Lipinski definition) is 1. The summed E-state index contributed by atoms with van der Waals surface area (Å²) in [7, 11) is 1.16. The number of ether oxygens (including phenoxy) is 2. The molecule has 0 fully saturated rings. The summed E-state index contributed by atoms with van der Waals surface area (Å²) in [6.07, 6.45) is -3.39. The quantitative estimate of drug-likeness (QED) is 0.811. The van der Waals surface area contributed by atoms with Crippen molar-refractivity contribution in [2.75, 3.05) is 19.0 Å². The van der Waals surface area contributed by atoms with Gasteiger partial charge >= 0.3 is 6.18 Å². The molecule has 4 nitrogen and oxygen atoms in total. The highest BCUT2D eigenvalue weighted by Gasteiger charge is 2.36. The molecule has 1 aromatic rings. The molecule has 7 heteroatoms. The van der Waals surface area contributed by atoms with Crippen LogP contribution in [-0.4, -0.2) is 25.2 Å². The van der Waals surface area contributed by atoms with Gasteiger partial charge < -0.3 is 14.8 Å². The number of amides is 1. The van der Waals surface area contributed by atoms with Crippen LogP contribution in [-0.2, 0) is 15.7 Å². The third-order valence-electron chi connectivity index (χ3n) is 3.43. The molecule has 0 bridgehead atoms. The Labute approximate surface area is 134 Å². The van der Waals surface area contributed by atoms with Crippen LogP contribution in [0.4, 0.5) is 18.9 Å². The van der Waals surface area contributed by atoms with Crippen molar-refractivity contribution >= 4 is 11.6 Å². The van der Waals surface area contributed by atoms with Gasteiger partial charge in [-0.05, 0) is 38.5 Å². The summed E-state index contributed by atoms with van der Waals surface area (Å²) in [5, 5.41) is 2.50. The van der Waals surface area contributed by atoms with Crippen LogP contribution in [0.3, 0.4) is 0 Å². The molecule has 0 aromatic heterocycles. The van der Waals surface area contributed by atoms with Crippen LogP contribution in [0.25, 0.3) is 0 Å². The van der Waals surface area contributed by atoms with Gasteiger partial charge in [-0.25, -0.2) is 0 Å². The predicted octanol–water partition coefficient (Wildman–Crippen LogP) is 4.25. The topological polar surface area (TPSA) is 47.6 Å². The van der Waals surface area contributed by atoms with Gasteiger partial charge in [0, 0.05) is 12.3 Å². The normalized spacial score (nSPS) is 14.2. The highest BCUT2D eigenvalue weighted by atomic mass is 19.4. The second kappa shape index (κ2) is 7.68. The molecule has 0 aliphatic carbocycles. The van der Waals surface area contributed by atoms with Gasteiger partial charge in [-0.3, -0.25) is 4.79 Å². The van der Waals surface area contributed by atoms with Crippen molar-refractivity contribution in [3.8, 4) is 5.75 Å². The van der Waals surface area contributed by atoms with Crippen LogP contribution in [0.1, 0.15) is 39.2 Å². The molecule has 0 aliphatic heterocycles. The number of benzene rings is 1. The fraction of sp³-hybridized carbons (Fsp3) is 0.562. The molecule has 0 aliphatic rings. The van der Waals surface area contributed by atoms with Gasteiger partial charge in [0.25, 0.3) is 5.91 Å². The summed E-state index contributed by atoms with van der Waals surface area (Å²) in [5.41, 5.74) is -1.97. The van der Waals surface area contributed by atoms with Crippen molar-refractivity contribution in [1.29, 1.82) is 0 Å². The Morgan fingerprint density at radius 1 is 1.26 bits per heavy atom. The molecule has 130 valence electrons. The molecular weight excluding hydrogens is 311 g/mol. The molecule has 1 aromatic carbocycles. The average molecular weight is 333 g/mol. The Bertz CT molecular complexity index is 538. The van der Waals surface area contributed by atoms with Gasteiger partial charge in [0.05, 0.1) is 12.7 Å². The second-order valence-electron chi connectivity index (χ2n) is 5.28. The lowest BCUT2D eigenvalue weighted by atomic mass is 9.99. The zero-order chi connectivity index (χ0) is 17.7. The van der Waals surface area contributed by atoms with E-state index in [4.69, 9.17) is 9.47 Å². The highest BCUT2D eigenvalue weighted by Crippen LogP contribution is 2.38. The Kier molecular flexibility index (Phi) is 6.44. The first-order valence-corrected chi connectivity index (χ1v) is 7.38. The Morgan fingerprint density at radius 3 is 2.39 bits per heavy atom. The zero-order valence-electron chi connectivity index (χ0n) is 13.7. The van der Waals surface area contributed by atoms with Crippen LogP contribution in [0.5, 0.6) is 5.75 Å². The molecule has 0 spiro atoms. The SMILES string of the molecule is CCCC(C)(OCC)C(=O)Nc1ccc(OC)c(C(F)(F)F)c1. The van der Waals surface area contributed by atoms with Crippen molar-refractivity contribution in [1.82, 2.24) is 0 Å². The molecule has 1 atom stereocenters. The van der Waals surface area contributed by atoms with E-state index in [9.17, 15) is 18.0 Å². The maximum absolute atomic E-state index is 13.0. The van der Waals surface area contributed by atoms with Gasteiger partial charge in [-0.1, -0.05) is 13.3 Å². The first-order chi connectivity index (χ1) is 10.7. The third-order valence-corrected chi connectivity index (χ3v) is 3.43. The molecule has 1 amide bonds. The number of carbonyl (C=O) groups excluding carboxylic acids is 1. The minimum atomic E-state index is -4.57. The smallest absolute Gasteiger partial charge is 0.420 e. The fourth-order valence-corrected chi connectivity index (χ4v) is 2.32. The largest absolute Gasteiger partial charge is 0.496 e. The molecule has 1 rings (SSSR count). The monoisotopic (exact) mass is 333 g/mol. The number of methoxy groups -OCH3 is 1. The molecule has 1 N–H and O–H groups in total. The number of halogens is 3. The molecular formula is C16H22F3NO3. The minimum Gasteiger partial charge on any atom is -0.496 e. The van der Waals surface area contributed by atoms with Crippen LogP contribution in [0, 0.1) is 0 Å². The van der Waals surface area contributed by atoms with E-state index in [0.717, 1.165) is 13.2 Å². The first kappa shape index (κ1) is 19.3. The lowest BCUT2D eigenvalue weighted by Gasteiger charge is -2.28. The maximum Gasteiger partial charge on any atom is 0.420 e.